The molecule has 1 aromatic carbocycles. The molecule has 142 valence electrons. The number of nitrogens with zero attached hydrogens (tertiary/aromatic N) is 2. The number of hydrogen-bond acceptors (Lipinski definition) is 3. The van der Waals surface area contributed by atoms with E-state index < -0.39 is 6.17 Å². The number of alkyl halides is 1. The second-order valence-electron chi connectivity index (χ2n) is 6.93. The minimum absolute atomic E-state index is 0. The predicted molar refractivity (Wildman–Crippen MR) is 108 cm³/mol. The molecule has 0 N–H and O–H groups in total. The molecule has 1 aromatic heterocycles. The summed E-state index contributed by atoms with van der Waals surface area (Å²) < 4.78 is 20.8. The van der Waals surface area contributed by atoms with E-state index in [2.05, 4.69) is 16.5 Å². The van der Waals surface area contributed by atoms with E-state index in [0.29, 0.717) is 11.8 Å². The Kier molecular flexibility index (Phi) is 6.89. The van der Waals surface area contributed by atoms with Crippen LogP contribution in [0.4, 0.5) is 4.39 Å². The first-order valence-corrected chi connectivity index (χ1v) is 8.64. The molecule has 6 heteroatoms. The van der Waals surface area contributed by atoms with Crippen molar-refractivity contribution in [1.82, 2.24) is 9.88 Å². The highest BCUT2D eigenvalue weighted by Gasteiger charge is 2.43. The summed E-state index contributed by atoms with van der Waals surface area (Å²) in [5.74, 6) is 1.82. The zero-order valence-electron chi connectivity index (χ0n) is 14.8. The van der Waals surface area contributed by atoms with E-state index in [1.807, 2.05) is 30.3 Å². The Morgan fingerprint density at radius 2 is 2.15 bits per heavy atom. The van der Waals surface area contributed by atoms with Crippen LogP contribution < -0.4 is 4.74 Å². The van der Waals surface area contributed by atoms with E-state index in [9.17, 15) is 0 Å². The van der Waals surface area contributed by atoms with Crippen LogP contribution in [0.2, 0.25) is 0 Å². The molecule has 3 aliphatic heterocycles. The lowest BCUT2D eigenvalue weighted by atomic mass is 9.74. The Labute approximate surface area is 166 Å². The Hall–Kier alpha value is -1.36. The number of fused-ring (bicyclic) bond motifs is 4. The highest BCUT2D eigenvalue weighted by Crippen LogP contribution is 2.43. The topological polar surface area (TPSA) is 25.4 Å². The normalized spacial score (nSPS) is 27.9. The average molecular weight is 399 g/mol. The van der Waals surface area contributed by atoms with Crippen molar-refractivity contribution in [3.05, 3.63) is 48.7 Å². The lowest BCUT2D eigenvalue weighted by molar-refractivity contribution is -0.0183. The van der Waals surface area contributed by atoms with Crippen LogP contribution in [0.25, 0.3) is 10.9 Å². The maximum Gasteiger partial charge on any atom is 0.141 e. The number of piperidine rings is 3. The van der Waals surface area contributed by atoms with Gasteiger partial charge in [-0.15, -0.1) is 31.4 Å². The summed E-state index contributed by atoms with van der Waals surface area (Å²) in [6.07, 6.45) is 4.82. The lowest BCUT2D eigenvalue weighted by Crippen LogP contribution is -2.54. The molecule has 5 atom stereocenters. The summed E-state index contributed by atoms with van der Waals surface area (Å²) in [7, 11) is 1.63. The summed E-state index contributed by atoms with van der Waals surface area (Å²) in [6, 6.07) is 7.43. The van der Waals surface area contributed by atoms with Crippen molar-refractivity contribution in [2.45, 2.75) is 25.1 Å². The number of hydrogen-bond donors (Lipinski definition) is 0. The third kappa shape index (κ3) is 3.55. The molecular formula is C20H25Cl2FN2O. The van der Waals surface area contributed by atoms with Gasteiger partial charge in [-0.3, -0.25) is 9.88 Å². The Morgan fingerprint density at radius 1 is 1.35 bits per heavy atom. The first kappa shape index (κ1) is 20.9. The van der Waals surface area contributed by atoms with E-state index in [1.54, 1.807) is 13.3 Å². The van der Waals surface area contributed by atoms with Crippen LogP contribution in [-0.2, 0) is 0 Å². The van der Waals surface area contributed by atoms with E-state index in [-0.39, 0.29) is 30.9 Å². The third-order valence-corrected chi connectivity index (χ3v) is 5.77. The smallest absolute Gasteiger partial charge is 0.141 e. The van der Waals surface area contributed by atoms with Gasteiger partial charge < -0.3 is 4.74 Å². The molecule has 2 aromatic rings. The third-order valence-electron chi connectivity index (χ3n) is 5.77. The number of rotatable bonds is 4. The molecule has 3 fully saturated rings. The number of pyridine rings is 1. The van der Waals surface area contributed by atoms with Crippen molar-refractivity contribution in [3.63, 3.8) is 0 Å². The largest absolute Gasteiger partial charge is 0.497 e. The van der Waals surface area contributed by atoms with Crippen LogP contribution in [0.15, 0.2) is 43.1 Å². The molecule has 0 aliphatic carbocycles. The number of benzene rings is 1. The summed E-state index contributed by atoms with van der Waals surface area (Å²) in [6.45, 7) is 5.88. The highest BCUT2D eigenvalue weighted by atomic mass is 35.5. The van der Waals surface area contributed by atoms with Crippen molar-refractivity contribution >= 4 is 35.7 Å². The van der Waals surface area contributed by atoms with Gasteiger partial charge >= 0.3 is 0 Å². The second kappa shape index (κ2) is 8.55. The van der Waals surface area contributed by atoms with Crippen LogP contribution in [-0.4, -0.2) is 36.1 Å². The fourth-order valence-corrected chi connectivity index (χ4v) is 4.40. The standard InChI is InChI=1S/C20H23FN2O.2ClH/c1-3-13-12-23-9-7-14(13)10-19(23)20(21)16-6-8-22-18-5-4-15(24-2)11-17(16)18;;/h3-6,8,11,13-14,19-20H,1,7,9-10,12H2,2H3;2*1H/t13-,14-,19+,20-;;/m0../s1. The minimum atomic E-state index is -1.00. The highest BCUT2D eigenvalue weighted by molar-refractivity contribution is 5.85. The molecule has 26 heavy (non-hydrogen) atoms. The van der Waals surface area contributed by atoms with E-state index in [4.69, 9.17) is 4.74 Å². The maximum atomic E-state index is 15.5. The van der Waals surface area contributed by atoms with Gasteiger partial charge in [-0.25, -0.2) is 4.39 Å². The molecule has 4 heterocycles. The van der Waals surface area contributed by atoms with Crippen molar-refractivity contribution in [1.29, 1.82) is 0 Å². The SMILES string of the molecule is C=C[C@H]1CN2CC[C@H]1C[C@@H]2[C@@H](F)c1ccnc2ccc(OC)cc12.Cl.Cl. The average Bonchev–Trinajstić information content (AvgIpc) is 2.66. The predicted octanol–water partition coefficient (Wildman–Crippen LogP) is 4.99. The zero-order chi connectivity index (χ0) is 16.7. The summed E-state index contributed by atoms with van der Waals surface area (Å²) in [4.78, 5) is 6.68. The van der Waals surface area contributed by atoms with Gasteiger partial charge in [-0.05, 0) is 61.1 Å². The minimum Gasteiger partial charge on any atom is -0.497 e. The molecule has 3 aliphatic rings. The quantitative estimate of drug-likeness (QED) is 0.677. The molecule has 0 radical (unpaired) electrons. The molecular weight excluding hydrogens is 374 g/mol. The van der Waals surface area contributed by atoms with Crippen molar-refractivity contribution < 1.29 is 9.13 Å². The Balaban J connectivity index is 0.00000121. The van der Waals surface area contributed by atoms with E-state index in [1.165, 1.54) is 0 Å². The van der Waals surface area contributed by atoms with Gasteiger partial charge in [-0.1, -0.05) is 6.08 Å². The summed E-state index contributed by atoms with van der Waals surface area (Å²) >= 11 is 0. The zero-order valence-corrected chi connectivity index (χ0v) is 16.4. The van der Waals surface area contributed by atoms with Gasteiger partial charge in [0.2, 0.25) is 0 Å². The Bertz CT molecular complexity index is 773. The second-order valence-corrected chi connectivity index (χ2v) is 6.93. The van der Waals surface area contributed by atoms with Crippen LogP contribution in [0.5, 0.6) is 5.75 Å². The van der Waals surface area contributed by atoms with E-state index >= 15 is 4.39 Å². The van der Waals surface area contributed by atoms with Gasteiger partial charge in [0.15, 0.2) is 0 Å². The lowest BCUT2D eigenvalue weighted by Gasteiger charge is -2.50. The molecule has 5 rings (SSSR count). The number of aromatic nitrogens is 1. The monoisotopic (exact) mass is 398 g/mol. The molecule has 2 bridgehead atoms. The molecule has 3 nitrogen and oxygen atoms in total. The first-order chi connectivity index (χ1) is 11.7. The molecule has 3 saturated heterocycles. The Morgan fingerprint density at radius 3 is 2.81 bits per heavy atom. The van der Waals surface area contributed by atoms with Gasteiger partial charge in [0.1, 0.15) is 11.9 Å². The summed E-state index contributed by atoms with van der Waals surface area (Å²) in [5.41, 5.74) is 1.54. The van der Waals surface area contributed by atoms with Crippen LogP contribution in [0.3, 0.4) is 0 Å². The van der Waals surface area contributed by atoms with Gasteiger partial charge in [-0.2, -0.15) is 0 Å². The van der Waals surface area contributed by atoms with Gasteiger partial charge in [0.25, 0.3) is 0 Å². The van der Waals surface area contributed by atoms with Crippen molar-refractivity contribution in [2.75, 3.05) is 20.2 Å². The van der Waals surface area contributed by atoms with E-state index in [0.717, 1.165) is 48.1 Å². The number of halogens is 3. The summed E-state index contributed by atoms with van der Waals surface area (Å²) in [5, 5.41) is 0.854. The number of ether oxygens (including phenoxy) is 1. The molecule has 1 unspecified atom stereocenters. The molecule has 0 amide bonds. The van der Waals surface area contributed by atoms with Crippen LogP contribution in [0, 0.1) is 11.8 Å². The number of methoxy groups -OCH3 is 1. The van der Waals surface area contributed by atoms with Crippen LogP contribution in [0.1, 0.15) is 24.6 Å². The van der Waals surface area contributed by atoms with Crippen molar-refractivity contribution in [3.8, 4) is 5.75 Å². The molecule has 0 spiro atoms. The first-order valence-electron chi connectivity index (χ1n) is 8.64. The van der Waals surface area contributed by atoms with Gasteiger partial charge in [0, 0.05) is 24.2 Å². The molecule has 0 saturated carbocycles. The van der Waals surface area contributed by atoms with Crippen LogP contribution >= 0.6 is 24.8 Å². The van der Waals surface area contributed by atoms with Crippen molar-refractivity contribution in [2.24, 2.45) is 11.8 Å². The fourth-order valence-electron chi connectivity index (χ4n) is 4.40. The fraction of sp³-hybridized carbons (Fsp3) is 0.450. The van der Waals surface area contributed by atoms with Gasteiger partial charge in [0.05, 0.1) is 12.6 Å². The maximum absolute atomic E-state index is 15.5.